The van der Waals surface area contributed by atoms with Crippen molar-refractivity contribution in [2.45, 2.75) is 38.1 Å². The summed E-state index contributed by atoms with van der Waals surface area (Å²) in [6.07, 6.45) is 0.571. The quantitative estimate of drug-likeness (QED) is 0.640. The molecule has 0 aromatic carbocycles. The summed E-state index contributed by atoms with van der Waals surface area (Å²) in [6, 6.07) is 0. The van der Waals surface area contributed by atoms with Crippen LogP contribution < -0.4 is 5.32 Å². The third-order valence-electron chi connectivity index (χ3n) is 2.95. The van der Waals surface area contributed by atoms with Gasteiger partial charge in [-0.25, -0.2) is 0 Å². The second kappa shape index (κ2) is 7.28. The molecule has 0 bridgehead atoms. The fourth-order valence-electron chi connectivity index (χ4n) is 1.79. The summed E-state index contributed by atoms with van der Waals surface area (Å²) >= 11 is 0. The van der Waals surface area contributed by atoms with Crippen molar-refractivity contribution in [1.82, 2.24) is 5.32 Å². The van der Waals surface area contributed by atoms with Gasteiger partial charge >= 0.3 is 0 Å². The van der Waals surface area contributed by atoms with E-state index in [4.69, 9.17) is 14.2 Å². The Morgan fingerprint density at radius 1 is 1.47 bits per heavy atom. The Labute approximate surface area is 103 Å². The number of hydrogen-bond acceptors (Lipinski definition) is 5. The summed E-state index contributed by atoms with van der Waals surface area (Å²) in [4.78, 5) is 0. The van der Waals surface area contributed by atoms with Crippen molar-refractivity contribution in [1.29, 1.82) is 0 Å². The Hall–Kier alpha value is -0.200. The van der Waals surface area contributed by atoms with E-state index in [-0.39, 0.29) is 11.7 Å². The SMILES string of the molecule is COC1(CNCC(O)COC(C)C)CCOC1. The van der Waals surface area contributed by atoms with E-state index in [0.29, 0.717) is 26.3 Å². The average Bonchev–Trinajstić information content (AvgIpc) is 2.76. The fraction of sp³-hybridized carbons (Fsp3) is 1.00. The second-order valence-corrected chi connectivity index (χ2v) is 4.86. The molecule has 1 aliphatic rings. The van der Waals surface area contributed by atoms with Gasteiger partial charge in [0.15, 0.2) is 0 Å². The van der Waals surface area contributed by atoms with Gasteiger partial charge in [0.05, 0.1) is 25.4 Å². The lowest BCUT2D eigenvalue weighted by atomic mass is 10.0. The van der Waals surface area contributed by atoms with Gasteiger partial charge in [-0.3, -0.25) is 0 Å². The van der Waals surface area contributed by atoms with Crippen molar-refractivity contribution in [3.63, 3.8) is 0 Å². The maximum Gasteiger partial charge on any atom is 0.106 e. The van der Waals surface area contributed by atoms with Crippen LogP contribution in [0.1, 0.15) is 20.3 Å². The Kier molecular flexibility index (Phi) is 6.37. The highest BCUT2D eigenvalue weighted by atomic mass is 16.5. The first-order chi connectivity index (χ1) is 8.08. The van der Waals surface area contributed by atoms with Crippen LogP contribution in [0.2, 0.25) is 0 Å². The highest BCUT2D eigenvalue weighted by molar-refractivity contribution is 4.87. The molecule has 1 saturated heterocycles. The molecular formula is C12H25NO4. The van der Waals surface area contributed by atoms with Gasteiger partial charge in [0.25, 0.3) is 0 Å². The van der Waals surface area contributed by atoms with Crippen LogP contribution in [0.4, 0.5) is 0 Å². The van der Waals surface area contributed by atoms with Gasteiger partial charge in [-0.05, 0) is 13.8 Å². The molecule has 17 heavy (non-hydrogen) atoms. The predicted octanol–water partition coefficient (Wildman–Crippen LogP) is 0.167. The minimum absolute atomic E-state index is 0.151. The Bertz CT molecular complexity index is 205. The van der Waals surface area contributed by atoms with E-state index in [0.717, 1.165) is 13.0 Å². The molecular weight excluding hydrogens is 222 g/mol. The van der Waals surface area contributed by atoms with Crippen LogP contribution in [0.5, 0.6) is 0 Å². The summed E-state index contributed by atoms with van der Waals surface area (Å²) in [5.74, 6) is 0. The molecule has 0 aromatic rings. The molecule has 1 heterocycles. The second-order valence-electron chi connectivity index (χ2n) is 4.86. The third-order valence-corrected chi connectivity index (χ3v) is 2.95. The highest BCUT2D eigenvalue weighted by Gasteiger charge is 2.34. The summed E-state index contributed by atoms with van der Waals surface area (Å²) in [6.45, 7) is 6.84. The smallest absolute Gasteiger partial charge is 0.106 e. The minimum Gasteiger partial charge on any atom is -0.389 e. The molecule has 5 nitrogen and oxygen atoms in total. The Morgan fingerprint density at radius 3 is 2.76 bits per heavy atom. The summed E-state index contributed by atoms with van der Waals surface area (Å²) < 4.78 is 16.1. The van der Waals surface area contributed by atoms with E-state index in [9.17, 15) is 5.11 Å². The molecule has 0 aliphatic carbocycles. The third kappa shape index (κ3) is 5.31. The molecule has 1 rings (SSSR count). The number of rotatable bonds is 8. The normalized spacial score (nSPS) is 26.6. The number of methoxy groups -OCH3 is 1. The number of aliphatic hydroxyl groups excluding tert-OH is 1. The molecule has 0 radical (unpaired) electrons. The standard InChI is InChI=1S/C12H25NO4/c1-10(2)17-7-11(14)6-13-8-12(15-3)4-5-16-9-12/h10-11,13-14H,4-9H2,1-3H3. The molecule has 2 atom stereocenters. The molecule has 102 valence electrons. The molecule has 0 aromatic heterocycles. The molecule has 1 fully saturated rings. The van der Waals surface area contributed by atoms with Gasteiger partial charge in [-0.1, -0.05) is 0 Å². The molecule has 5 heteroatoms. The Balaban J connectivity index is 2.13. The van der Waals surface area contributed by atoms with E-state index in [1.165, 1.54) is 0 Å². The predicted molar refractivity (Wildman–Crippen MR) is 65.1 cm³/mol. The van der Waals surface area contributed by atoms with Crippen molar-refractivity contribution >= 4 is 0 Å². The van der Waals surface area contributed by atoms with E-state index in [2.05, 4.69) is 5.32 Å². The maximum atomic E-state index is 9.67. The first-order valence-electron chi connectivity index (χ1n) is 6.21. The van der Waals surface area contributed by atoms with Crippen LogP contribution in [0.3, 0.4) is 0 Å². The van der Waals surface area contributed by atoms with Crippen molar-refractivity contribution in [2.75, 3.05) is 40.0 Å². The maximum absolute atomic E-state index is 9.67. The fourth-order valence-corrected chi connectivity index (χ4v) is 1.79. The summed E-state index contributed by atoms with van der Waals surface area (Å²) in [7, 11) is 1.70. The summed E-state index contributed by atoms with van der Waals surface area (Å²) in [5, 5.41) is 12.9. The van der Waals surface area contributed by atoms with Gasteiger partial charge in [-0.2, -0.15) is 0 Å². The minimum atomic E-state index is -0.478. The van der Waals surface area contributed by atoms with Gasteiger partial charge < -0.3 is 24.6 Å². The van der Waals surface area contributed by atoms with Crippen LogP contribution in [0, 0.1) is 0 Å². The van der Waals surface area contributed by atoms with Crippen LogP contribution in [0.25, 0.3) is 0 Å². The zero-order valence-corrected chi connectivity index (χ0v) is 11.1. The first kappa shape index (κ1) is 14.9. The molecule has 0 spiro atoms. The van der Waals surface area contributed by atoms with Crippen LogP contribution in [0.15, 0.2) is 0 Å². The van der Waals surface area contributed by atoms with Gasteiger partial charge in [0.1, 0.15) is 5.60 Å². The lowest BCUT2D eigenvalue weighted by molar-refractivity contribution is -0.0227. The number of hydrogen-bond donors (Lipinski definition) is 2. The van der Waals surface area contributed by atoms with Crippen molar-refractivity contribution in [3.8, 4) is 0 Å². The molecule has 1 aliphatic heterocycles. The monoisotopic (exact) mass is 247 g/mol. The lowest BCUT2D eigenvalue weighted by Crippen LogP contribution is -2.45. The topological polar surface area (TPSA) is 60.0 Å². The van der Waals surface area contributed by atoms with E-state index in [1.807, 2.05) is 13.8 Å². The van der Waals surface area contributed by atoms with Gasteiger partial charge in [0.2, 0.25) is 0 Å². The Morgan fingerprint density at radius 2 is 2.24 bits per heavy atom. The van der Waals surface area contributed by atoms with Crippen molar-refractivity contribution < 1.29 is 19.3 Å². The van der Waals surface area contributed by atoms with E-state index in [1.54, 1.807) is 7.11 Å². The number of aliphatic hydroxyl groups is 1. The number of nitrogens with one attached hydrogen (secondary N) is 1. The summed E-state index contributed by atoms with van der Waals surface area (Å²) in [5.41, 5.74) is -0.224. The van der Waals surface area contributed by atoms with Crippen molar-refractivity contribution in [2.24, 2.45) is 0 Å². The number of ether oxygens (including phenoxy) is 3. The van der Waals surface area contributed by atoms with Crippen LogP contribution in [-0.2, 0) is 14.2 Å². The zero-order valence-electron chi connectivity index (χ0n) is 11.1. The largest absolute Gasteiger partial charge is 0.389 e. The molecule has 0 saturated carbocycles. The van der Waals surface area contributed by atoms with Crippen molar-refractivity contribution in [3.05, 3.63) is 0 Å². The molecule has 0 amide bonds. The molecule has 2 N–H and O–H groups in total. The zero-order chi connectivity index (χ0) is 12.7. The molecule has 2 unspecified atom stereocenters. The van der Waals surface area contributed by atoms with Crippen LogP contribution >= 0.6 is 0 Å². The lowest BCUT2D eigenvalue weighted by Gasteiger charge is -2.26. The van der Waals surface area contributed by atoms with E-state index >= 15 is 0 Å². The van der Waals surface area contributed by atoms with Gasteiger partial charge in [-0.15, -0.1) is 0 Å². The van der Waals surface area contributed by atoms with E-state index < -0.39 is 6.10 Å². The van der Waals surface area contributed by atoms with Gasteiger partial charge in [0, 0.05) is 33.2 Å². The van der Waals surface area contributed by atoms with Crippen LogP contribution in [-0.4, -0.2) is 62.9 Å². The first-order valence-corrected chi connectivity index (χ1v) is 6.21. The highest BCUT2D eigenvalue weighted by Crippen LogP contribution is 2.21. The average molecular weight is 247 g/mol.